The quantitative estimate of drug-likeness (QED) is 0.648. The molecule has 0 radical (unpaired) electrons. The van der Waals surface area contributed by atoms with Crippen molar-refractivity contribution in [1.29, 1.82) is 0 Å². The van der Waals surface area contributed by atoms with E-state index < -0.39 is 0 Å². The van der Waals surface area contributed by atoms with Gasteiger partial charge in [-0.1, -0.05) is 26.8 Å². The molecular formula is C11H19BrOS. The number of rotatable bonds is 0. The highest BCUT2D eigenvalue weighted by molar-refractivity contribution is 9.14. The standard InChI is InChI=1S/C9H13BrOS.C2H6/c1-7-3-2-4-8(11)5-6-9(10)12-7;1-2/h6-7H,2-5H2,1H3;1-2H3/b9-6-;. The van der Waals surface area contributed by atoms with Crippen LogP contribution in [0.4, 0.5) is 0 Å². The molecular weight excluding hydrogens is 260 g/mol. The molecule has 0 amide bonds. The molecule has 1 unspecified atom stereocenters. The number of carbonyl (C=O) groups is 1. The molecule has 0 N–H and O–H groups in total. The molecule has 0 aromatic heterocycles. The van der Waals surface area contributed by atoms with Crippen molar-refractivity contribution < 1.29 is 4.79 Å². The number of hydrogen-bond donors (Lipinski definition) is 0. The van der Waals surface area contributed by atoms with Crippen molar-refractivity contribution in [2.24, 2.45) is 0 Å². The number of halogens is 1. The second kappa shape index (κ2) is 8.54. The zero-order chi connectivity index (χ0) is 11.0. The molecule has 0 aromatic rings. The summed E-state index contributed by atoms with van der Waals surface area (Å²) in [7, 11) is 0. The SMILES string of the molecule is CC.CC1CCCC(=O)C/C=C(/Br)S1. The molecule has 1 aliphatic heterocycles. The van der Waals surface area contributed by atoms with Crippen LogP contribution < -0.4 is 0 Å². The van der Waals surface area contributed by atoms with Crippen molar-refractivity contribution in [3.05, 3.63) is 9.89 Å². The fourth-order valence-corrected chi connectivity index (χ4v) is 3.15. The van der Waals surface area contributed by atoms with Gasteiger partial charge in [-0.25, -0.2) is 0 Å². The Morgan fingerprint density at radius 1 is 1.50 bits per heavy atom. The second-order valence-corrected chi connectivity index (χ2v) is 5.93. The molecule has 1 rings (SSSR count). The molecule has 0 fully saturated rings. The molecule has 0 saturated carbocycles. The second-order valence-electron chi connectivity index (χ2n) is 3.07. The lowest BCUT2D eigenvalue weighted by Crippen LogP contribution is -1.97. The Labute approximate surface area is 99.9 Å². The Kier molecular flexibility index (Phi) is 8.69. The number of carbonyl (C=O) groups excluding carboxylic acids is 1. The minimum absolute atomic E-state index is 0.363. The van der Waals surface area contributed by atoms with Crippen LogP contribution in [0.3, 0.4) is 0 Å². The van der Waals surface area contributed by atoms with E-state index in [0.717, 1.165) is 23.1 Å². The van der Waals surface area contributed by atoms with Crippen LogP contribution in [-0.2, 0) is 4.79 Å². The van der Waals surface area contributed by atoms with Gasteiger partial charge < -0.3 is 0 Å². The predicted molar refractivity (Wildman–Crippen MR) is 68.9 cm³/mol. The molecule has 82 valence electrons. The number of thioether (sulfide) groups is 1. The van der Waals surface area contributed by atoms with E-state index >= 15 is 0 Å². The van der Waals surface area contributed by atoms with Gasteiger partial charge in [0.2, 0.25) is 0 Å². The topological polar surface area (TPSA) is 17.1 Å². The highest BCUT2D eigenvalue weighted by Crippen LogP contribution is 2.31. The lowest BCUT2D eigenvalue weighted by molar-refractivity contribution is -0.118. The summed E-state index contributed by atoms with van der Waals surface area (Å²) in [5, 5.41) is 0.626. The molecule has 14 heavy (non-hydrogen) atoms. The van der Waals surface area contributed by atoms with Crippen LogP contribution >= 0.6 is 27.7 Å². The lowest BCUT2D eigenvalue weighted by atomic mass is 10.1. The molecule has 3 heteroatoms. The summed E-state index contributed by atoms with van der Waals surface area (Å²) in [5.74, 6) is 0.363. The van der Waals surface area contributed by atoms with Crippen LogP contribution in [0.5, 0.6) is 0 Å². The van der Waals surface area contributed by atoms with Crippen molar-refractivity contribution in [3.63, 3.8) is 0 Å². The molecule has 0 spiro atoms. The van der Waals surface area contributed by atoms with Gasteiger partial charge in [0, 0.05) is 21.9 Å². The smallest absolute Gasteiger partial charge is 0.136 e. The Hall–Kier alpha value is 0.240. The summed E-state index contributed by atoms with van der Waals surface area (Å²) < 4.78 is 1.12. The van der Waals surface area contributed by atoms with E-state index in [0.29, 0.717) is 17.5 Å². The Morgan fingerprint density at radius 2 is 2.14 bits per heavy atom. The van der Waals surface area contributed by atoms with Crippen LogP contribution in [0.1, 0.15) is 46.5 Å². The van der Waals surface area contributed by atoms with Gasteiger partial charge in [-0.15, -0.1) is 11.8 Å². The first-order chi connectivity index (χ1) is 6.68. The molecule has 0 saturated heterocycles. The predicted octanol–water partition coefficient (Wildman–Crippen LogP) is 4.51. The van der Waals surface area contributed by atoms with E-state index in [9.17, 15) is 4.79 Å². The first-order valence-corrected chi connectivity index (χ1v) is 6.90. The van der Waals surface area contributed by atoms with E-state index in [1.165, 1.54) is 0 Å². The van der Waals surface area contributed by atoms with Gasteiger partial charge in [0.05, 0.1) is 0 Å². The van der Waals surface area contributed by atoms with E-state index in [2.05, 4.69) is 22.9 Å². The average molecular weight is 279 g/mol. The summed E-state index contributed by atoms with van der Waals surface area (Å²) >= 11 is 5.26. The van der Waals surface area contributed by atoms with Gasteiger partial charge in [-0.05, 0) is 28.8 Å². The Bertz CT molecular complexity index is 201. The van der Waals surface area contributed by atoms with Gasteiger partial charge in [0.15, 0.2) is 0 Å². The van der Waals surface area contributed by atoms with Gasteiger partial charge in [-0.2, -0.15) is 0 Å². The average Bonchev–Trinajstić information content (AvgIpc) is 2.23. The molecule has 0 aliphatic carbocycles. The first-order valence-electron chi connectivity index (χ1n) is 5.22. The van der Waals surface area contributed by atoms with Gasteiger partial charge in [-0.3, -0.25) is 4.79 Å². The van der Waals surface area contributed by atoms with E-state index in [4.69, 9.17) is 0 Å². The maximum atomic E-state index is 11.2. The Balaban J connectivity index is 0.000000791. The minimum Gasteiger partial charge on any atom is -0.299 e. The number of ketones is 1. The highest BCUT2D eigenvalue weighted by atomic mass is 79.9. The summed E-state index contributed by atoms with van der Waals surface area (Å²) in [4.78, 5) is 11.2. The number of allylic oxidation sites excluding steroid dienone is 1. The number of Topliss-reactive ketones (excluding diaryl/α,β-unsaturated/α-hetero) is 1. The molecule has 1 nitrogen and oxygen atoms in total. The monoisotopic (exact) mass is 278 g/mol. The highest BCUT2D eigenvalue weighted by Gasteiger charge is 2.09. The molecule has 0 bridgehead atoms. The van der Waals surface area contributed by atoms with Crippen LogP contribution in [0, 0.1) is 0 Å². The van der Waals surface area contributed by atoms with Crippen molar-refractivity contribution in [1.82, 2.24) is 0 Å². The fourth-order valence-electron chi connectivity index (χ4n) is 1.18. The maximum absolute atomic E-state index is 11.2. The lowest BCUT2D eigenvalue weighted by Gasteiger charge is -2.07. The van der Waals surface area contributed by atoms with E-state index in [1.54, 1.807) is 0 Å². The third kappa shape index (κ3) is 6.66. The zero-order valence-electron chi connectivity index (χ0n) is 9.18. The third-order valence-corrected chi connectivity index (χ3v) is 3.78. The maximum Gasteiger partial charge on any atom is 0.136 e. The van der Waals surface area contributed by atoms with Crippen LogP contribution in [0.25, 0.3) is 0 Å². The van der Waals surface area contributed by atoms with Crippen molar-refractivity contribution >= 4 is 33.5 Å². The van der Waals surface area contributed by atoms with Crippen LogP contribution in [0.15, 0.2) is 9.89 Å². The molecule has 0 aromatic carbocycles. The largest absolute Gasteiger partial charge is 0.299 e. The Morgan fingerprint density at radius 3 is 2.79 bits per heavy atom. The van der Waals surface area contributed by atoms with E-state index in [1.807, 2.05) is 31.7 Å². The summed E-state index contributed by atoms with van der Waals surface area (Å²) in [6, 6.07) is 0. The third-order valence-electron chi connectivity index (χ3n) is 1.87. The first kappa shape index (κ1) is 14.2. The van der Waals surface area contributed by atoms with Gasteiger partial charge >= 0.3 is 0 Å². The normalized spacial score (nSPS) is 27.3. The van der Waals surface area contributed by atoms with Crippen molar-refractivity contribution in [2.45, 2.75) is 51.7 Å². The zero-order valence-corrected chi connectivity index (χ0v) is 11.6. The van der Waals surface area contributed by atoms with Gasteiger partial charge in [0.25, 0.3) is 0 Å². The number of hydrogen-bond acceptors (Lipinski definition) is 2. The minimum atomic E-state index is 0.363. The summed E-state index contributed by atoms with van der Waals surface area (Å²) in [5.41, 5.74) is 0. The summed E-state index contributed by atoms with van der Waals surface area (Å²) in [6.07, 6.45) is 5.51. The molecule has 1 atom stereocenters. The van der Waals surface area contributed by atoms with Crippen LogP contribution in [-0.4, -0.2) is 11.0 Å². The van der Waals surface area contributed by atoms with E-state index in [-0.39, 0.29) is 0 Å². The van der Waals surface area contributed by atoms with Crippen molar-refractivity contribution in [3.8, 4) is 0 Å². The summed E-state index contributed by atoms with van der Waals surface area (Å²) in [6.45, 7) is 6.20. The molecule has 1 aliphatic rings. The van der Waals surface area contributed by atoms with Crippen LogP contribution in [0.2, 0.25) is 0 Å². The molecule has 1 heterocycles. The van der Waals surface area contributed by atoms with Crippen molar-refractivity contribution in [2.75, 3.05) is 0 Å². The van der Waals surface area contributed by atoms with Gasteiger partial charge in [0.1, 0.15) is 5.78 Å². The fraction of sp³-hybridized carbons (Fsp3) is 0.727.